The summed E-state index contributed by atoms with van der Waals surface area (Å²) < 4.78 is 3.22. The summed E-state index contributed by atoms with van der Waals surface area (Å²) in [5, 5.41) is 1.04. The van der Waals surface area contributed by atoms with Crippen molar-refractivity contribution in [1.29, 1.82) is 0 Å². The molecule has 0 bridgehead atoms. The van der Waals surface area contributed by atoms with Gasteiger partial charge in [0.2, 0.25) is 0 Å². The lowest BCUT2D eigenvalue weighted by Crippen LogP contribution is -2.30. The summed E-state index contributed by atoms with van der Waals surface area (Å²) in [6.07, 6.45) is 6.06. The van der Waals surface area contributed by atoms with Crippen LogP contribution in [0.25, 0.3) is 15.9 Å². The Labute approximate surface area is 200 Å². The standard InChI is InChI=1S/C26H22N4OS2/c31-26(30-15-5-7-22(30)25-28-21-6-1-2-8-23(21)33-25)18-10-12-20(13-11-18)32-17-19-16-29-14-4-3-9-24(29)27-19/h1-4,6,8-14,16,22H,5,7,15,17H2. The molecule has 5 nitrogen and oxygen atoms in total. The molecule has 5 aromatic rings. The third-order valence-electron chi connectivity index (χ3n) is 6.01. The fourth-order valence-electron chi connectivity index (χ4n) is 4.37. The highest BCUT2D eigenvalue weighted by molar-refractivity contribution is 7.98. The lowest BCUT2D eigenvalue weighted by Gasteiger charge is -2.23. The van der Waals surface area contributed by atoms with Crippen molar-refractivity contribution < 1.29 is 4.79 Å². The van der Waals surface area contributed by atoms with Gasteiger partial charge < -0.3 is 9.30 Å². The lowest BCUT2D eigenvalue weighted by molar-refractivity contribution is 0.0735. The Kier molecular flexibility index (Phi) is 5.36. The Morgan fingerprint density at radius 2 is 1.88 bits per heavy atom. The van der Waals surface area contributed by atoms with Gasteiger partial charge in [-0.15, -0.1) is 23.1 Å². The van der Waals surface area contributed by atoms with Crippen LogP contribution in [0.15, 0.2) is 84.0 Å². The molecule has 1 saturated heterocycles. The van der Waals surface area contributed by atoms with Gasteiger partial charge in [0.1, 0.15) is 10.7 Å². The Morgan fingerprint density at radius 3 is 2.73 bits per heavy atom. The number of benzene rings is 2. The molecule has 1 fully saturated rings. The Morgan fingerprint density at radius 1 is 1.03 bits per heavy atom. The minimum absolute atomic E-state index is 0.0685. The fourth-order valence-corrected chi connectivity index (χ4v) is 6.27. The normalized spacial score (nSPS) is 16.1. The Bertz CT molecular complexity index is 1370. The van der Waals surface area contributed by atoms with Crippen LogP contribution in [0.5, 0.6) is 0 Å². The van der Waals surface area contributed by atoms with Crippen LogP contribution in [0.3, 0.4) is 0 Å². The first kappa shape index (κ1) is 20.4. The molecular formula is C26H22N4OS2. The summed E-state index contributed by atoms with van der Waals surface area (Å²) in [6, 6.07) is 22.2. The van der Waals surface area contributed by atoms with E-state index in [2.05, 4.69) is 17.2 Å². The van der Waals surface area contributed by atoms with E-state index in [0.717, 1.165) is 57.5 Å². The molecular weight excluding hydrogens is 448 g/mol. The van der Waals surface area contributed by atoms with Crippen molar-refractivity contribution in [2.45, 2.75) is 29.5 Å². The zero-order valence-corrected chi connectivity index (χ0v) is 19.6. The average Bonchev–Trinajstić information content (AvgIpc) is 3.59. The number of hydrogen-bond acceptors (Lipinski definition) is 5. The van der Waals surface area contributed by atoms with Gasteiger partial charge in [-0.05, 0) is 61.4 Å². The van der Waals surface area contributed by atoms with Gasteiger partial charge in [-0.2, -0.15) is 0 Å². The predicted octanol–water partition coefficient (Wildman–Crippen LogP) is 6.21. The smallest absolute Gasteiger partial charge is 0.254 e. The molecule has 4 heterocycles. The number of hydrogen-bond donors (Lipinski definition) is 0. The molecule has 1 aliphatic heterocycles. The molecule has 0 spiro atoms. The number of aromatic nitrogens is 3. The number of para-hydroxylation sites is 1. The highest BCUT2D eigenvalue weighted by Gasteiger charge is 2.32. The zero-order chi connectivity index (χ0) is 22.2. The molecule has 1 aliphatic rings. The number of thioether (sulfide) groups is 1. The van der Waals surface area contributed by atoms with Crippen LogP contribution in [0.1, 0.15) is 39.9 Å². The van der Waals surface area contributed by atoms with Gasteiger partial charge in [0.25, 0.3) is 5.91 Å². The second kappa shape index (κ2) is 8.65. The quantitative estimate of drug-likeness (QED) is 0.286. The fraction of sp³-hybridized carbons (Fsp3) is 0.192. The number of carbonyl (C=O) groups is 1. The van der Waals surface area contributed by atoms with E-state index in [1.807, 2.05) is 76.2 Å². The van der Waals surface area contributed by atoms with Gasteiger partial charge >= 0.3 is 0 Å². The monoisotopic (exact) mass is 470 g/mol. The Balaban J connectivity index is 1.15. The summed E-state index contributed by atoms with van der Waals surface area (Å²) in [4.78, 5) is 25.9. The van der Waals surface area contributed by atoms with E-state index in [9.17, 15) is 4.79 Å². The molecule has 33 heavy (non-hydrogen) atoms. The zero-order valence-electron chi connectivity index (χ0n) is 17.9. The van der Waals surface area contributed by atoms with Gasteiger partial charge in [-0.25, -0.2) is 9.97 Å². The lowest BCUT2D eigenvalue weighted by atomic mass is 10.1. The van der Waals surface area contributed by atoms with Crippen LogP contribution in [-0.4, -0.2) is 31.7 Å². The minimum Gasteiger partial charge on any atom is -0.329 e. The summed E-state index contributed by atoms with van der Waals surface area (Å²) in [5.41, 5.74) is 3.76. The molecule has 7 heteroatoms. The maximum Gasteiger partial charge on any atom is 0.254 e. The minimum atomic E-state index is 0.0685. The first-order valence-electron chi connectivity index (χ1n) is 11.1. The third kappa shape index (κ3) is 4.03. The van der Waals surface area contributed by atoms with E-state index in [1.54, 1.807) is 23.1 Å². The molecule has 1 unspecified atom stereocenters. The molecule has 0 aliphatic carbocycles. The summed E-state index contributed by atoms with van der Waals surface area (Å²) in [6.45, 7) is 0.782. The van der Waals surface area contributed by atoms with Gasteiger partial charge in [0, 0.05) is 35.2 Å². The molecule has 1 atom stereocenters. The van der Waals surface area contributed by atoms with Crippen LogP contribution in [0, 0.1) is 0 Å². The second-order valence-corrected chi connectivity index (χ2v) is 10.3. The van der Waals surface area contributed by atoms with Crippen molar-refractivity contribution in [1.82, 2.24) is 19.3 Å². The van der Waals surface area contributed by atoms with Crippen molar-refractivity contribution in [2.75, 3.05) is 6.54 Å². The second-order valence-electron chi connectivity index (χ2n) is 8.19. The molecule has 1 amide bonds. The van der Waals surface area contributed by atoms with Crippen molar-refractivity contribution in [3.63, 3.8) is 0 Å². The van der Waals surface area contributed by atoms with Gasteiger partial charge in [0.05, 0.1) is 22.0 Å². The SMILES string of the molecule is O=C(c1ccc(SCc2cn3ccccc3n2)cc1)N1CCCC1c1nc2ccccc2s1. The number of likely N-dealkylation sites (tertiary alicyclic amines) is 1. The number of imidazole rings is 1. The predicted molar refractivity (Wildman–Crippen MR) is 134 cm³/mol. The summed E-state index contributed by atoms with van der Waals surface area (Å²) in [7, 11) is 0. The number of pyridine rings is 1. The number of amides is 1. The summed E-state index contributed by atoms with van der Waals surface area (Å²) >= 11 is 3.44. The van der Waals surface area contributed by atoms with Gasteiger partial charge in [-0.1, -0.05) is 18.2 Å². The van der Waals surface area contributed by atoms with Crippen molar-refractivity contribution in [3.8, 4) is 0 Å². The van der Waals surface area contributed by atoms with E-state index < -0.39 is 0 Å². The van der Waals surface area contributed by atoms with Crippen LogP contribution in [0.2, 0.25) is 0 Å². The number of fused-ring (bicyclic) bond motifs is 2. The van der Waals surface area contributed by atoms with E-state index in [-0.39, 0.29) is 11.9 Å². The highest BCUT2D eigenvalue weighted by atomic mass is 32.2. The molecule has 6 rings (SSSR count). The topological polar surface area (TPSA) is 50.5 Å². The van der Waals surface area contributed by atoms with E-state index in [0.29, 0.717) is 0 Å². The highest BCUT2D eigenvalue weighted by Crippen LogP contribution is 2.37. The maximum absolute atomic E-state index is 13.3. The first-order valence-corrected chi connectivity index (χ1v) is 12.9. The number of rotatable bonds is 5. The number of carbonyl (C=O) groups excluding carboxylic acids is 1. The van der Waals surface area contributed by atoms with Crippen LogP contribution in [-0.2, 0) is 5.75 Å². The van der Waals surface area contributed by atoms with Crippen LogP contribution >= 0.6 is 23.1 Å². The molecule has 3 aromatic heterocycles. The van der Waals surface area contributed by atoms with Crippen LogP contribution in [0.4, 0.5) is 0 Å². The van der Waals surface area contributed by atoms with Crippen LogP contribution < -0.4 is 0 Å². The molecule has 164 valence electrons. The molecule has 0 radical (unpaired) electrons. The number of thiazole rings is 1. The molecule has 2 aromatic carbocycles. The van der Waals surface area contributed by atoms with Crippen molar-refractivity contribution in [2.24, 2.45) is 0 Å². The van der Waals surface area contributed by atoms with Gasteiger partial charge in [0.15, 0.2) is 0 Å². The third-order valence-corrected chi connectivity index (χ3v) is 8.19. The average molecular weight is 471 g/mol. The summed E-state index contributed by atoms with van der Waals surface area (Å²) in [5.74, 6) is 0.884. The maximum atomic E-state index is 13.3. The van der Waals surface area contributed by atoms with E-state index in [4.69, 9.17) is 4.98 Å². The number of nitrogens with zero attached hydrogens (tertiary/aromatic N) is 4. The van der Waals surface area contributed by atoms with Crippen molar-refractivity contribution in [3.05, 3.63) is 95.4 Å². The Hall–Kier alpha value is -3.16. The largest absolute Gasteiger partial charge is 0.329 e. The molecule has 0 saturated carbocycles. The van der Waals surface area contributed by atoms with Crippen molar-refractivity contribution >= 4 is 44.9 Å². The molecule has 0 N–H and O–H groups in total. The first-order chi connectivity index (χ1) is 16.2. The van der Waals surface area contributed by atoms with Gasteiger partial charge in [-0.3, -0.25) is 4.79 Å². The van der Waals surface area contributed by atoms with E-state index in [1.165, 1.54) is 4.70 Å². The van der Waals surface area contributed by atoms with E-state index >= 15 is 0 Å².